The van der Waals surface area contributed by atoms with Crippen LogP contribution in [-0.4, -0.2) is 55.7 Å². The van der Waals surface area contributed by atoms with Gasteiger partial charge in [-0.25, -0.2) is 4.79 Å². The number of nitrogens with zero attached hydrogens (tertiary/aromatic N) is 2. The van der Waals surface area contributed by atoms with Gasteiger partial charge in [-0.15, -0.1) is 0 Å². The fraction of sp³-hybridized carbons (Fsp3) is 0.381. The van der Waals surface area contributed by atoms with Crippen molar-refractivity contribution in [3.8, 4) is 5.75 Å². The summed E-state index contributed by atoms with van der Waals surface area (Å²) in [6.07, 6.45) is 0.865. The maximum absolute atomic E-state index is 12.3. The first-order valence-corrected chi connectivity index (χ1v) is 9.16. The minimum Gasteiger partial charge on any atom is -0.497 e. The van der Waals surface area contributed by atoms with Crippen molar-refractivity contribution in [3.63, 3.8) is 0 Å². The van der Waals surface area contributed by atoms with Gasteiger partial charge in [0.05, 0.1) is 7.11 Å². The van der Waals surface area contributed by atoms with Gasteiger partial charge in [0.1, 0.15) is 5.75 Å². The van der Waals surface area contributed by atoms with Gasteiger partial charge in [0.25, 0.3) is 0 Å². The van der Waals surface area contributed by atoms with E-state index in [1.165, 1.54) is 11.1 Å². The highest BCUT2D eigenvalue weighted by atomic mass is 16.5. The third-order valence-corrected chi connectivity index (χ3v) is 4.76. The molecule has 5 nitrogen and oxygen atoms in total. The molecule has 0 aromatic heterocycles. The molecule has 1 aliphatic heterocycles. The number of piperazine rings is 1. The Kier molecular flexibility index (Phi) is 6.50. The molecule has 0 saturated carbocycles. The second-order valence-electron chi connectivity index (χ2n) is 6.58. The molecule has 0 bridgehead atoms. The normalized spacial score (nSPS) is 14.9. The van der Waals surface area contributed by atoms with E-state index in [0.717, 1.165) is 44.9 Å². The SMILES string of the molecule is COc1ccc(CN2CCN(C(=O)NCCc3ccccc3)CC2)cc1. The second kappa shape index (κ2) is 9.25. The molecule has 1 N–H and O–H groups in total. The van der Waals surface area contributed by atoms with E-state index in [2.05, 4.69) is 34.5 Å². The summed E-state index contributed by atoms with van der Waals surface area (Å²) in [7, 11) is 1.68. The number of carbonyl (C=O) groups is 1. The van der Waals surface area contributed by atoms with Crippen LogP contribution in [0.3, 0.4) is 0 Å². The van der Waals surface area contributed by atoms with Crippen LogP contribution in [0.15, 0.2) is 54.6 Å². The first-order chi connectivity index (χ1) is 12.7. The molecule has 0 radical (unpaired) electrons. The third-order valence-electron chi connectivity index (χ3n) is 4.76. The van der Waals surface area contributed by atoms with Crippen LogP contribution in [0.5, 0.6) is 5.75 Å². The molecule has 5 heteroatoms. The Hall–Kier alpha value is -2.53. The van der Waals surface area contributed by atoms with Gasteiger partial charge in [0.15, 0.2) is 0 Å². The highest BCUT2D eigenvalue weighted by Gasteiger charge is 2.20. The van der Waals surface area contributed by atoms with Crippen molar-refractivity contribution in [2.24, 2.45) is 0 Å². The summed E-state index contributed by atoms with van der Waals surface area (Å²) >= 11 is 0. The Morgan fingerprint density at radius 1 is 0.962 bits per heavy atom. The summed E-state index contributed by atoms with van der Waals surface area (Å²) in [6, 6.07) is 18.5. The molecule has 2 aromatic rings. The quantitative estimate of drug-likeness (QED) is 0.869. The van der Waals surface area contributed by atoms with Gasteiger partial charge in [0, 0.05) is 39.3 Å². The molecule has 138 valence electrons. The molecular weight excluding hydrogens is 326 g/mol. The number of benzene rings is 2. The number of hydrogen-bond donors (Lipinski definition) is 1. The summed E-state index contributed by atoms with van der Waals surface area (Å²) < 4.78 is 5.20. The van der Waals surface area contributed by atoms with Crippen LogP contribution in [0.2, 0.25) is 0 Å². The van der Waals surface area contributed by atoms with Crippen LogP contribution < -0.4 is 10.1 Å². The maximum Gasteiger partial charge on any atom is 0.317 e. The Labute approximate surface area is 155 Å². The number of amides is 2. The van der Waals surface area contributed by atoms with Gasteiger partial charge >= 0.3 is 6.03 Å². The van der Waals surface area contributed by atoms with Crippen molar-refractivity contribution in [2.45, 2.75) is 13.0 Å². The van der Waals surface area contributed by atoms with Crippen molar-refractivity contribution < 1.29 is 9.53 Å². The Bertz CT molecular complexity index is 680. The zero-order valence-electron chi connectivity index (χ0n) is 15.4. The molecule has 26 heavy (non-hydrogen) atoms. The average Bonchev–Trinajstić information content (AvgIpc) is 2.70. The van der Waals surface area contributed by atoms with E-state index >= 15 is 0 Å². The lowest BCUT2D eigenvalue weighted by atomic mass is 10.1. The van der Waals surface area contributed by atoms with Crippen LogP contribution >= 0.6 is 0 Å². The highest BCUT2D eigenvalue weighted by Crippen LogP contribution is 2.14. The summed E-state index contributed by atoms with van der Waals surface area (Å²) in [4.78, 5) is 16.6. The molecule has 1 heterocycles. The van der Waals surface area contributed by atoms with Crippen molar-refractivity contribution in [1.82, 2.24) is 15.1 Å². The monoisotopic (exact) mass is 353 g/mol. The lowest BCUT2D eigenvalue weighted by molar-refractivity contribution is 0.135. The summed E-state index contributed by atoms with van der Waals surface area (Å²) in [6.45, 7) is 4.93. The zero-order chi connectivity index (χ0) is 18.2. The summed E-state index contributed by atoms with van der Waals surface area (Å²) in [5, 5.41) is 3.03. The van der Waals surface area contributed by atoms with Crippen LogP contribution in [0.4, 0.5) is 4.79 Å². The Balaban J connectivity index is 1.37. The zero-order valence-corrected chi connectivity index (χ0v) is 15.4. The van der Waals surface area contributed by atoms with Gasteiger partial charge in [-0.05, 0) is 29.7 Å². The molecule has 1 aliphatic rings. The lowest BCUT2D eigenvalue weighted by Gasteiger charge is -2.34. The van der Waals surface area contributed by atoms with Crippen molar-refractivity contribution in [3.05, 3.63) is 65.7 Å². The molecule has 2 amide bonds. The summed E-state index contributed by atoms with van der Waals surface area (Å²) in [5.41, 5.74) is 2.52. The molecule has 2 aromatic carbocycles. The molecule has 0 aliphatic carbocycles. The molecule has 3 rings (SSSR count). The predicted molar refractivity (Wildman–Crippen MR) is 103 cm³/mol. The molecule has 0 spiro atoms. The number of ether oxygens (including phenoxy) is 1. The molecule has 1 fully saturated rings. The first kappa shape index (κ1) is 18.3. The topological polar surface area (TPSA) is 44.8 Å². The van der Waals surface area contributed by atoms with Gasteiger partial charge < -0.3 is 15.0 Å². The van der Waals surface area contributed by atoms with Gasteiger partial charge in [-0.1, -0.05) is 42.5 Å². The van der Waals surface area contributed by atoms with Crippen LogP contribution in [0.25, 0.3) is 0 Å². The average molecular weight is 353 g/mol. The fourth-order valence-electron chi connectivity index (χ4n) is 3.17. The van der Waals surface area contributed by atoms with Crippen LogP contribution in [0, 0.1) is 0 Å². The number of urea groups is 1. The van der Waals surface area contributed by atoms with Gasteiger partial charge in [-0.3, -0.25) is 4.90 Å². The fourth-order valence-corrected chi connectivity index (χ4v) is 3.17. The standard InChI is InChI=1S/C21H27N3O2/c1-26-20-9-7-19(8-10-20)17-23-13-15-24(16-14-23)21(25)22-12-11-18-5-3-2-4-6-18/h2-10H,11-17H2,1H3,(H,22,25). The Morgan fingerprint density at radius 2 is 1.65 bits per heavy atom. The maximum atomic E-state index is 12.3. The van der Waals surface area contributed by atoms with E-state index in [-0.39, 0.29) is 6.03 Å². The third kappa shape index (κ3) is 5.23. The largest absolute Gasteiger partial charge is 0.497 e. The van der Waals surface area contributed by atoms with Gasteiger partial charge in [-0.2, -0.15) is 0 Å². The first-order valence-electron chi connectivity index (χ1n) is 9.16. The van der Waals surface area contributed by atoms with E-state index < -0.39 is 0 Å². The van der Waals surface area contributed by atoms with Crippen molar-refractivity contribution in [2.75, 3.05) is 39.8 Å². The van der Waals surface area contributed by atoms with Crippen LogP contribution in [-0.2, 0) is 13.0 Å². The lowest BCUT2D eigenvalue weighted by Crippen LogP contribution is -2.51. The number of methoxy groups -OCH3 is 1. The predicted octanol–water partition coefficient (Wildman–Crippen LogP) is 2.77. The van der Waals surface area contributed by atoms with E-state index in [4.69, 9.17) is 4.74 Å². The van der Waals surface area contributed by atoms with E-state index in [9.17, 15) is 4.79 Å². The van der Waals surface area contributed by atoms with E-state index in [1.807, 2.05) is 35.2 Å². The second-order valence-corrected chi connectivity index (χ2v) is 6.58. The number of carbonyl (C=O) groups excluding carboxylic acids is 1. The van der Waals surface area contributed by atoms with Crippen LogP contribution in [0.1, 0.15) is 11.1 Å². The van der Waals surface area contributed by atoms with Crippen molar-refractivity contribution in [1.29, 1.82) is 0 Å². The molecule has 0 atom stereocenters. The molecular formula is C21H27N3O2. The molecule has 1 saturated heterocycles. The minimum atomic E-state index is 0.0463. The van der Waals surface area contributed by atoms with Gasteiger partial charge in [0.2, 0.25) is 0 Å². The number of rotatable bonds is 6. The van der Waals surface area contributed by atoms with E-state index in [1.54, 1.807) is 7.11 Å². The number of hydrogen-bond acceptors (Lipinski definition) is 3. The Morgan fingerprint density at radius 3 is 2.31 bits per heavy atom. The summed E-state index contributed by atoms with van der Waals surface area (Å²) in [5.74, 6) is 0.880. The molecule has 0 unspecified atom stereocenters. The van der Waals surface area contributed by atoms with E-state index in [0.29, 0.717) is 6.54 Å². The number of nitrogens with one attached hydrogen (secondary N) is 1. The highest BCUT2D eigenvalue weighted by molar-refractivity contribution is 5.74. The minimum absolute atomic E-state index is 0.0463. The smallest absolute Gasteiger partial charge is 0.317 e. The van der Waals surface area contributed by atoms with Crippen molar-refractivity contribution >= 4 is 6.03 Å².